The number of rotatable bonds is 1. The van der Waals surface area contributed by atoms with Crippen molar-refractivity contribution >= 4 is 11.1 Å². The van der Waals surface area contributed by atoms with Crippen molar-refractivity contribution in [3.63, 3.8) is 0 Å². The minimum atomic E-state index is -0.431. The minimum Gasteiger partial charge on any atom is -0.255 e. The van der Waals surface area contributed by atoms with Crippen LogP contribution in [-0.2, 0) is 0 Å². The van der Waals surface area contributed by atoms with Crippen molar-refractivity contribution in [1.82, 2.24) is 15.0 Å². The summed E-state index contributed by atoms with van der Waals surface area (Å²) in [5.41, 5.74) is 4.37. The molecule has 0 bridgehead atoms. The molecular weight excluding hydrogens is 291 g/mol. The molecule has 0 N–H and O–H groups in total. The van der Waals surface area contributed by atoms with Gasteiger partial charge in [-0.1, -0.05) is 12.1 Å². The molecule has 0 unspecified atom stereocenters. The van der Waals surface area contributed by atoms with Gasteiger partial charge < -0.3 is 0 Å². The second-order valence-corrected chi connectivity index (χ2v) is 5.02. The molecule has 0 radical (unpaired) electrons. The third-order valence-electron chi connectivity index (χ3n) is 3.72. The second kappa shape index (κ2) is 5.11. The van der Waals surface area contributed by atoms with Crippen LogP contribution in [0.5, 0.6) is 0 Å². The lowest BCUT2D eigenvalue weighted by Gasteiger charge is -2.06. The van der Waals surface area contributed by atoms with E-state index in [4.69, 9.17) is 0 Å². The van der Waals surface area contributed by atoms with E-state index < -0.39 is 5.82 Å². The summed E-state index contributed by atoms with van der Waals surface area (Å²) in [6.45, 7) is 0. The Balaban J connectivity index is 2.09. The Morgan fingerprint density at radius 2 is 1.57 bits per heavy atom. The fourth-order valence-corrected chi connectivity index (χ4v) is 2.79. The quantitative estimate of drug-likeness (QED) is 0.505. The molecule has 5 heteroatoms. The molecule has 23 heavy (non-hydrogen) atoms. The number of nitrogens with zero attached hydrogens (tertiary/aromatic N) is 4. The van der Waals surface area contributed by atoms with Crippen molar-refractivity contribution < 1.29 is 4.39 Å². The fourth-order valence-electron chi connectivity index (χ4n) is 2.79. The Morgan fingerprint density at radius 1 is 0.913 bits per heavy atom. The van der Waals surface area contributed by atoms with Crippen LogP contribution in [0.1, 0.15) is 16.8 Å². The van der Waals surface area contributed by atoms with E-state index in [0.29, 0.717) is 16.8 Å². The van der Waals surface area contributed by atoms with Crippen LogP contribution in [-0.4, -0.2) is 15.0 Å². The average molecular weight is 300 g/mol. The van der Waals surface area contributed by atoms with Gasteiger partial charge >= 0.3 is 0 Å². The summed E-state index contributed by atoms with van der Waals surface area (Å²) in [7, 11) is 0. The number of allylic oxidation sites excluding steroid dienone is 1. The van der Waals surface area contributed by atoms with Crippen LogP contribution in [0.15, 0.2) is 55.0 Å². The number of fused-ring (bicyclic) bond motifs is 3. The molecule has 3 heterocycles. The maximum absolute atomic E-state index is 13.5. The topological polar surface area (TPSA) is 62.5 Å². The van der Waals surface area contributed by atoms with Crippen molar-refractivity contribution in [1.29, 1.82) is 5.26 Å². The van der Waals surface area contributed by atoms with E-state index in [1.54, 1.807) is 24.5 Å². The standard InChI is InChI=1S/C18H9FN4/c19-11-5-8-21-15(9-11)14(10-20)16-12-3-1-6-22-17(12)18-13(16)4-2-7-23-18/h1-9H. The number of nitriles is 1. The Morgan fingerprint density at radius 3 is 2.13 bits per heavy atom. The van der Waals surface area contributed by atoms with E-state index in [-0.39, 0.29) is 0 Å². The highest BCUT2D eigenvalue weighted by Crippen LogP contribution is 2.44. The van der Waals surface area contributed by atoms with E-state index in [9.17, 15) is 9.65 Å². The summed E-state index contributed by atoms with van der Waals surface area (Å²) >= 11 is 0. The molecular formula is C18H9FN4. The monoisotopic (exact) mass is 300 g/mol. The highest BCUT2D eigenvalue weighted by Gasteiger charge is 2.29. The Kier molecular flexibility index (Phi) is 2.95. The van der Waals surface area contributed by atoms with Gasteiger partial charge in [0.25, 0.3) is 0 Å². The van der Waals surface area contributed by atoms with Gasteiger partial charge in [0.05, 0.1) is 22.7 Å². The van der Waals surface area contributed by atoms with Crippen LogP contribution in [0, 0.1) is 17.1 Å². The molecule has 108 valence electrons. The van der Waals surface area contributed by atoms with Crippen LogP contribution in [0.4, 0.5) is 4.39 Å². The van der Waals surface area contributed by atoms with E-state index in [1.165, 1.54) is 18.3 Å². The summed E-state index contributed by atoms with van der Waals surface area (Å²) in [6, 6.07) is 12.1. The molecule has 3 aromatic rings. The zero-order chi connectivity index (χ0) is 15.8. The smallest absolute Gasteiger partial charge is 0.126 e. The van der Waals surface area contributed by atoms with Crippen LogP contribution in [0.25, 0.3) is 22.5 Å². The second-order valence-electron chi connectivity index (χ2n) is 5.02. The molecule has 0 fully saturated rings. The third kappa shape index (κ3) is 2.00. The molecule has 1 aliphatic rings. The molecule has 0 amide bonds. The van der Waals surface area contributed by atoms with E-state index in [0.717, 1.165) is 22.5 Å². The Labute approximate surface area is 131 Å². The normalized spacial score (nSPS) is 11.6. The van der Waals surface area contributed by atoms with Crippen LogP contribution in [0.2, 0.25) is 0 Å². The third-order valence-corrected chi connectivity index (χ3v) is 3.72. The van der Waals surface area contributed by atoms with E-state index >= 15 is 0 Å². The number of hydrogen-bond acceptors (Lipinski definition) is 4. The molecule has 0 aromatic carbocycles. The lowest BCUT2D eigenvalue weighted by atomic mass is 9.97. The van der Waals surface area contributed by atoms with Gasteiger partial charge in [-0.2, -0.15) is 5.26 Å². The molecule has 0 saturated heterocycles. The molecule has 1 aliphatic carbocycles. The predicted octanol–water partition coefficient (Wildman–Crippen LogP) is 3.47. The Hall–Kier alpha value is -3.39. The van der Waals surface area contributed by atoms with Gasteiger partial charge in [-0.3, -0.25) is 15.0 Å². The summed E-state index contributed by atoms with van der Waals surface area (Å²) in [5.74, 6) is -0.431. The molecule has 4 nitrogen and oxygen atoms in total. The van der Waals surface area contributed by atoms with Crippen molar-refractivity contribution in [2.75, 3.05) is 0 Å². The maximum Gasteiger partial charge on any atom is 0.126 e. The molecule has 0 aliphatic heterocycles. The Bertz CT molecular complexity index is 954. The number of aromatic nitrogens is 3. The molecule has 0 atom stereocenters. The highest BCUT2D eigenvalue weighted by atomic mass is 19.1. The fraction of sp³-hybridized carbons (Fsp3) is 0. The maximum atomic E-state index is 13.5. The van der Waals surface area contributed by atoms with Crippen LogP contribution < -0.4 is 0 Å². The van der Waals surface area contributed by atoms with Crippen LogP contribution >= 0.6 is 0 Å². The van der Waals surface area contributed by atoms with Crippen molar-refractivity contribution in [3.05, 3.63) is 77.6 Å². The first kappa shape index (κ1) is 13.3. The number of pyridine rings is 3. The average Bonchev–Trinajstić information content (AvgIpc) is 2.91. The summed E-state index contributed by atoms with van der Waals surface area (Å²) in [6.07, 6.45) is 4.73. The molecule has 4 rings (SSSR count). The van der Waals surface area contributed by atoms with Crippen LogP contribution in [0.3, 0.4) is 0 Å². The summed E-state index contributed by atoms with van der Waals surface area (Å²) in [4.78, 5) is 12.9. The largest absolute Gasteiger partial charge is 0.255 e. The van der Waals surface area contributed by atoms with Gasteiger partial charge in [-0.25, -0.2) is 4.39 Å². The van der Waals surface area contributed by atoms with Gasteiger partial charge in [0.15, 0.2) is 0 Å². The first-order valence-corrected chi connectivity index (χ1v) is 6.97. The van der Waals surface area contributed by atoms with Gasteiger partial charge in [0.1, 0.15) is 11.9 Å². The SMILES string of the molecule is N#CC(=C1c2cccnc2-c2ncccc21)c1cc(F)ccn1. The van der Waals surface area contributed by atoms with Crippen molar-refractivity contribution in [3.8, 4) is 17.5 Å². The lowest BCUT2D eigenvalue weighted by molar-refractivity contribution is 0.625. The van der Waals surface area contributed by atoms with E-state index in [2.05, 4.69) is 21.0 Å². The lowest BCUT2D eigenvalue weighted by Crippen LogP contribution is -1.94. The molecule has 3 aromatic heterocycles. The zero-order valence-electron chi connectivity index (χ0n) is 11.9. The molecule has 0 spiro atoms. The van der Waals surface area contributed by atoms with Gasteiger partial charge in [0.2, 0.25) is 0 Å². The summed E-state index contributed by atoms with van der Waals surface area (Å²) in [5, 5.41) is 9.67. The van der Waals surface area contributed by atoms with Gasteiger partial charge in [-0.05, 0) is 18.2 Å². The first-order valence-electron chi connectivity index (χ1n) is 6.97. The number of hydrogen-bond donors (Lipinski definition) is 0. The van der Waals surface area contributed by atoms with Crippen molar-refractivity contribution in [2.45, 2.75) is 0 Å². The van der Waals surface area contributed by atoms with Gasteiger partial charge in [-0.15, -0.1) is 0 Å². The minimum absolute atomic E-state index is 0.300. The predicted molar refractivity (Wildman–Crippen MR) is 83.2 cm³/mol. The zero-order valence-corrected chi connectivity index (χ0v) is 11.9. The van der Waals surface area contributed by atoms with Crippen molar-refractivity contribution in [2.24, 2.45) is 0 Å². The number of halogens is 1. The van der Waals surface area contributed by atoms with Gasteiger partial charge in [0, 0.05) is 41.4 Å². The summed E-state index contributed by atoms with van der Waals surface area (Å²) < 4.78 is 13.5. The highest BCUT2D eigenvalue weighted by molar-refractivity contribution is 6.11. The first-order chi connectivity index (χ1) is 11.3. The van der Waals surface area contributed by atoms with E-state index in [1.807, 2.05) is 12.1 Å². The molecule has 0 saturated carbocycles.